The van der Waals surface area contributed by atoms with Gasteiger partial charge in [0.1, 0.15) is 5.69 Å². The van der Waals surface area contributed by atoms with E-state index in [1.807, 2.05) is 29.2 Å². The highest BCUT2D eigenvalue weighted by molar-refractivity contribution is 5.95. The van der Waals surface area contributed by atoms with Crippen molar-refractivity contribution in [3.8, 4) is 11.3 Å². The summed E-state index contributed by atoms with van der Waals surface area (Å²) in [6, 6.07) is 7.60. The Bertz CT molecular complexity index is 744. The first kappa shape index (κ1) is 18.3. The van der Waals surface area contributed by atoms with Crippen molar-refractivity contribution in [3.05, 3.63) is 42.2 Å². The van der Waals surface area contributed by atoms with Gasteiger partial charge in [0.05, 0.1) is 6.61 Å². The van der Waals surface area contributed by atoms with Crippen molar-refractivity contribution in [1.29, 1.82) is 0 Å². The smallest absolute Gasteiger partial charge is 0.253 e. The number of carbonyl (C=O) groups is 1. The second kappa shape index (κ2) is 8.73. The topological polar surface area (TPSA) is 70.6 Å². The first-order valence-electron chi connectivity index (χ1n) is 8.81. The molecule has 0 unspecified atom stereocenters. The van der Waals surface area contributed by atoms with Gasteiger partial charge in [-0.3, -0.25) is 9.78 Å². The number of amides is 1. The predicted molar refractivity (Wildman–Crippen MR) is 101 cm³/mol. The zero-order valence-corrected chi connectivity index (χ0v) is 15.3. The van der Waals surface area contributed by atoms with Crippen LogP contribution < -0.4 is 5.32 Å². The highest BCUT2D eigenvalue weighted by Gasteiger charge is 2.21. The molecular weight excluding hydrogens is 330 g/mol. The van der Waals surface area contributed by atoms with Gasteiger partial charge >= 0.3 is 0 Å². The average Bonchev–Trinajstić information content (AvgIpc) is 2.69. The van der Waals surface area contributed by atoms with Gasteiger partial charge in [-0.15, -0.1) is 0 Å². The van der Waals surface area contributed by atoms with E-state index >= 15 is 0 Å². The molecule has 1 N–H and O–H groups in total. The van der Waals surface area contributed by atoms with Gasteiger partial charge in [-0.2, -0.15) is 0 Å². The Kier molecular flexibility index (Phi) is 6.14. The number of ether oxygens (including phenoxy) is 1. The quantitative estimate of drug-likeness (QED) is 0.794. The minimum Gasteiger partial charge on any atom is -0.383 e. The summed E-state index contributed by atoms with van der Waals surface area (Å²) in [5.74, 6) is 0.756. The molecule has 0 radical (unpaired) electrons. The molecule has 0 atom stereocenters. The van der Waals surface area contributed by atoms with E-state index in [0.29, 0.717) is 24.5 Å². The third-order valence-electron chi connectivity index (χ3n) is 4.47. The summed E-state index contributed by atoms with van der Waals surface area (Å²) in [6.45, 7) is 4.55. The normalized spacial score (nSPS) is 15.1. The van der Waals surface area contributed by atoms with Crippen LogP contribution in [0.1, 0.15) is 10.4 Å². The van der Waals surface area contributed by atoms with E-state index < -0.39 is 0 Å². The van der Waals surface area contributed by atoms with E-state index in [1.54, 1.807) is 19.5 Å². The average molecular weight is 355 g/mol. The molecule has 7 heteroatoms. The Morgan fingerprint density at radius 1 is 1.19 bits per heavy atom. The van der Waals surface area contributed by atoms with Gasteiger partial charge in [-0.1, -0.05) is 12.1 Å². The zero-order valence-electron chi connectivity index (χ0n) is 15.3. The summed E-state index contributed by atoms with van der Waals surface area (Å²) in [6.07, 6.45) is 3.31. The number of hydrogen-bond donors (Lipinski definition) is 1. The summed E-state index contributed by atoms with van der Waals surface area (Å²) in [4.78, 5) is 25.8. The molecule has 1 saturated heterocycles. The highest BCUT2D eigenvalue weighted by atomic mass is 16.5. The zero-order chi connectivity index (χ0) is 18.4. The fraction of sp³-hybridized carbons (Fsp3) is 0.421. The molecule has 2 aromatic rings. The SMILES string of the molecule is COCCNc1nccnc1-c1cccc(C(=O)N2CCN(C)CC2)c1. The molecule has 1 aliphatic heterocycles. The molecule has 1 aromatic carbocycles. The number of aromatic nitrogens is 2. The number of hydrogen-bond acceptors (Lipinski definition) is 6. The van der Waals surface area contributed by atoms with Gasteiger partial charge < -0.3 is 19.9 Å². The maximum Gasteiger partial charge on any atom is 0.253 e. The number of carbonyl (C=O) groups excluding carboxylic acids is 1. The Hall–Kier alpha value is -2.51. The predicted octanol–water partition coefficient (Wildman–Crippen LogP) is 1.59. The summed E-state index contributed by atoms with van der Waals surface area (Å²) in [7, 11) is 3.74. The number of benzene rings is 1. The van der Waals surface area contributed by atoms with Crippen LogP contribution in [0.25, 0.3) is 11.3 Å². The number of piperazine rings is 1. The lowest BCUT2D eigenvalue weighted by Crippen LogP contribution is -2.47. The Balaban J connectivity index is 1.80. The Morgan fingerprint density at radius 2 is 1.96 bits per heavy atom. The van der Waals surface area contributed by atoms with Crippen molar-refractivity contribution in [2.75, 3.05) is 58.8 Å². The van der Waals surface area contributed by atoms with Crippen LogP contribution in [0.5, 0.6) is 0 Å². The van der Waals surface area contributed by atoms with Crippen molar-refractivity contribution in [3.63, 3.8) is 0 Å². The van der Waals surface area contributed by atoms with Gasteiger partial charge in [0.2, 0.25) is 0 Å². The van der Waals surface area contributed by atoms with Crippen LogP contribution in [0.4, 0.5) is 5.82 Å². The number of anilines is 1. The fourth-order valence-corrected chi connectivity index (χ4v) is 2.94. The molecule has 7 nitrogen and oxygen atoms in total. The van der Waals surface area contributed by atoms with Gasteiger partial charge in [-0.25, -0.2) is 4.98 Å². The lowest BCUT2D eigenvalue weighted by atomic mass is 10.1. The van der Waals surface area contributed by atoms with Crippen LogP contribution in [0.2, 0.25) is 0 Å². The van der Waals surface area contributed by atoms with Gasteiger partial charge in [0, 0.05) is 63.4 Å². The molecule has 0 bridgehead atoms. The van der Waals surface area contributed by atoms with Crippen LogP contribution in [0.15, 0.2) is 36.7 Å². The molecule has 1 fully saturated rings. The second-order valence-corrected chi connectivity index (χ2v) is 6.35. The van der Waals surface area contributed by atoms with Gasteiger partial charge in [0.25, 0.3) is 5.91 Å². The first-order valence-corrected chi connectivity index (χ1v) is 8.81. The standard InChI is InChI=1S/C19H25N5O2/c1-23-9-11-24(12-10-23)19(25)16-5-3-4-15(14-16)17-18(21-7-6-20-17)22-8-13-26-2/h3-7,14H,8-13H2,1-2H3,(H,21,22). The van der Waals surface area contributed by atoms with Crippen molar-refractivity contribution in [2.24, 2.45) is 0 Å². The lowest BCUT2D eigenvalue weighted by Gasteiger charge is -2.32. The van der Waals surface area contributed by atoms with Crippen molar-refractivity contribution in [1.82, 2.24) is 19.8 Å². The van der Waals surface area contributed by atoms with Crippen molar-refractivity contribution >= 4 is 11.7 Å². The third-order valence-corrected chi connectivity index (χ3v) is 4.47. The maximum atomic E-state index is 12.8. The Labute approximate surface area is 154 Å². The van der Waals surface area contributed by atoms with E-state index in [2.05, 4.69) is 27.2 Å². The van der Waals surface area contributed by atoms with E-state index in [-0.39, 0.29) is 5.91 Å². The minimum absolute atomic E-state index is 0.0673. The highest BCUT2D eigenvalue weighted by Crippen LogP contribution is 2.24. The number of nitrogens with zero attached hydrogens (tertiary/aromatic N) is 4. The van der Waals surface area contributed by atoms with Crippen LogP contribution in [-0.2, 0) is 4.74 Å². The number of likely N-dealkylation sites (N-methyl/N-ethyl adjacent to an activating group) is 1. The Morgan fingerprint density at radius 3 is 2.73 bits per heavy atom. The van der Waals surface area contributed by atoms with Crippen LogP contribution >= 0.6 is 0 Å². The molecule has 2 heterocycles. The second-order valence-electron chi connectivity index (χ2n) is 6.35. The lowest BCUT2D eigenvalue weighted by molar-refractivity contribution is 0.0664. The molecule has 3 rings (SSSR count). The molecule has 138 valence electrons. The van der Waals surface area contributed by atoms with E-state index in [0.717, 1.165) is 37.4 Å². The largest absolute Gasteiger partial charge is 0.383 e. The third kappa shape index (κ3) is 4.36. The summed E-state index contributed by atoms with van der Waals surface area (Å²) in [5, 5.41) is 3.23. The first-order chi connectivity index (χ1) is 12.7. The summed E-state index contributed by atoms with van der Waals surface area (Å²) < 4.78 is 5.07. The number of rotatable bonds is 6. The molecule has 0 spiro atoms. The molecular formula is C19H25N5O2. The molecule has 0 aliphatic carbocycles. The molecule has 26 heavy (non-hydrogen) atoms. The maximum absolute atomic E-state index is 12.8. The molecule has 1 amide bonds. The van der Waals surface area contributed by atoms with E-state index in [9.17, 15) is 4.79 Å². The number of methoxy groups -OCH3 is 1. The monoisotopic (exact) mass is 355 g/mol. The van der Waals surface area contributed by atoms with Gasteiger partial charge in [0.15, 0.2) is 5.82 Å². The fourth-order valence-electron chi connectivity index (χ4n) is 2.94. The van der Waals surface area contributed by atoms with Crippen LogP contribution in [-0.4, -0.2) is 79.2 Å². The molecule has 1 aromatic heterocycles. The van der Waals surface area contributed by atoms with E-state index in [4.69, 9.17) is 4.74 Å². The van der Waals surface area contributed by atoms with Crippen molar-refractivity contribution in [2.45, 2.75) is 0 Å². The molecule has 0 saturated carbocycles. The minimum atomic E-state index is 0.0673. The van der Waals surface area contributed by atoms with Crippen LogP contribution in [0.3, 0.4) is 0 Å². The van der Waals surface area contributed by atoms with Crippen molar-refractivity contribution < 1.29 is 9.53 Å². The van der Waals surface area contributed by atoms with Gasteiger partial charge in [-0.05, 0) is 19.2 Å². The van der Waals surface area contributed by atoms with Crippen LogP contribution in [0, 0.1) is 0 Å². The summed E-state index contributed by atoms with van der Waals surface area (Å²) >= 11 is 0. The summed E-state index contributed by atoms with van der Waals surface area (Å²) in [5.41, 5.74) is 2.29. The molecule has 1 aliphatic rings. The number of nitrogens with one attached hydrogen (secondary N) is 1. The van der Waals surface area contributed by atoms with E-state index in [1.165, 1.54) is 0 Å².